The van der Waals surface area contributed by atoms with Crippen molar-refractivity contribution in [2.24, 2.45) is 0 Å². The average molecular weight is 285 g/mol. The molecule has 1 fully saturated rings. The van der Waals surface area contributed by atoms with Crippen molar-refractivity contribution in [2.45, 2.75) is 6.04 Å². The topological polar surface area (TPSA) is 32.3 Å². The standard InChI is InChI=1S/C11H9ClN2OS2/c12-6-1-2-8-7(3-6)11(15)14-5-17-4-9(14)10(16)13-8/h1-3,9H,4-5H2,(H,13,16)/t9-/m0/s1. The first-order valence-corrected chi connectivity index (χ1v) is 7.10. The summed E-state index contributed by atoms with van der Waals surface area (Å²) in [6.45, 7) is 0. The lowest BCUT2D eigenvalue weighted by molar-refractivity contribution is 0.0784. The molecule has 1 saturated heterocycles. The Balaban J connectivity index is 2.12. The number of halogens is 1. The fourth-order valence-corrected chi connectivity index (χ4v) is 3.80. The van der Waals surface area contributed by atoms with E-state index in [0.717, 1.165) is 11.4 Å². The van der Waals surface area contributed by atoms with Gasteiger partial charge in [-0.15, -0.1) is 11.8 Å². The Hall–Kier alpha value is -0.780. The molecule has 2 aliphatic heterocycles. The van der Waals surface area contributed by atoms with Gasteiger partial charge in [-0.2, -0.15) is 0 Å². The number of nitrogens with zero attached hydrogens (tertiary/aromatic N) is 1. The molecule has 3 rings (SSSR count). The number of benzene rings is 1. The number of amides is 1. The van der Waals surface area contributed by atoms with Crippen LogP contribution >= 0.6 is 35.6 Å². The van der Waals surface area contributed by atoms with Gasteiger partial charge in [0.05, 0.1) is 23.2 Å². The molecule has 2 heterocycles. The quantitative estimate of drug-likeness (QED) is 0.742. The van der Waals surface area contributed by atoms with E-state index in [0.29, 0.717) is 21.5 Å². The van der Waals surface area contributed by atoms with E-state index in [1.807, 2.05) is 4.90 Å². The number of carbonyl (C=O) groups excluding carboxylic acids is 1. The van der Waals surface area contributed by atoms with Crippen LogP contribution in [-0.2, 0) is 0 Å². The van der Waals surface area contributed by atoms with Crippen molar-refractivity contribution in [3.05, 3.63) is 28.8 Å². The maximum Gasteiger partial charge on any atom is 0.257 e. The summed E-state index contributed by atoms with van der Waals surface area (Å²) in [5, 5.41) is 3.71. The van der Waals surface area contributed by atoms with E-state index in [1.165, 1.54) is 0 Å². The molecule has 3 nitrogen and oxygen atoms in total. The van der Waals surface area contributed by atoms with E-state index in [1.54, 1.807) is 30.0 Å². The highest BCUT2D eigenvalue weighted by molar-refractivity contribution is 7.99. The number of hydrogen-bond acceptors (Lipinski definition) is 3. The summed E-state index contributed by atoms with van der Waals surface area (Å²) in [6.07, 6.45) is 0. The lowest BCUT2D eigenvalue weighted by Crippen LogP contribution is -2.41. The zero-order valence-electron chi connectivity index (χ0n) is 8.77. The monoisotopic (exact) mass is 284 g/mol. The normalized spacial score (nSPS) is 22.9. The Morgan fingerprint density at radius 3 is 3.18 bits per heavy atom. The third-order valence-electron chi connectivity index (χ3n) is 2.92. The first-order valence-electron chi connectivity index (χ1n) is 5.16. The van der Waals surface area contributed by atoms with Crippen molar-refractivity contribution in [1.29, 1.82) is 0 Å². The number of fused-ring (bicyclic) bond motifs is 2. The van der Waals surface area contributed by atoms with Crippen molar-refractivity contribution < 1.29 is 4.79 Å². The molecule has 0 bridgehead atoms. The van der Waals surface area contributed by atoms with Gasteiger partial charge in [-0.3, -0.25) is 4.79 Å². The lowest BCUT2D eigenvalue weighted by Gasteiger charge is -2.20. The number of rotatable bonds is 0. The summed E-state index contributed by atoms with van der Waals surface area (Å²) in [5.41, 5.74) is 1.36. The molecule has 1 amide bonds. The first kappa shape index (κ1) is 11.3. The molecule has 0 radical (unpaired) electrons. The third kappa shape index (κ3) is 1.82. The highest BCUT2D eigenvalue weighted by Crippen LogP contribution is 2.31. The van der Waals surface area contributed by atoms with Crippen LogP contribution in [0.5, 0.6) is 0 Å². The van der Waals surface area contributed by atoms with E-state index < -0.39 is 0 Å². The molecule has 6 heteroatoms. The van der Waals surface area contributed by atoms with Crippen molar-refractivity contribution in [1.82, 2.24) is 4.90 Å². The maximum atomic E-state index is 12.4. The van der Waals surface area contributed by atoms with Gasteiger partial charge < -0.3 is 10.2 Å². The molecule has 1 N–H and O–H groups in total. The molecular weight excluding hydrogens is 276 g/mol. The molecule has 2 aliphatic rings. The van der Waals surface area contributed by atoms with Gasteiger partial charge in [-0.25, -0.2) is 0 Å². The van der Waals surface area contributed by atoms with Crippen molar-refractivity contribution >= 4 is 52.2 Å². The smallest absolute Gasteiger partial charge is 0.257 e. The van der Waals surface area contributed by atoms with Crippen LogP contribution in [0.1, 0.15) is 10.4 Å². The van der Waals surface area contributed by atoms with Crippen LogP contribution in [0.2, 0.25) is 5.02 Å². The van der Waals surface area contributed by atoms with E-state index in [4.69, 9.17) is 23.8 Å². The molecular formula is C11H9ClN2OS2. The van der Waals surface area contributed by atoms with Crippen LogP contribution in [0.3, 0.4) is 0 Å². The minimum absolute atomic E-state index is 0.00449. The van der Waals surface area contributed by atoms with Crippen LogP contribution in [0.25, 0.3) is 0 Å². The Labute approximate surface area is 114 Å². The van der Waals surface area contributed by atoms with Crippen molar-refractivity contribution in [3.63, 3.8) is 0 Å². The van der Waals surface area contributed by atoms with Gasteiger partial charge in [0.1, 0.15) is 4.99 Å². The number of nitrogens with one attached hydrogen (secondary N) is 1. The molecule has 1 aromatic carbocycles. The van der Waals surface area contributed by atoms with Crippen molar-refractivity contribution in [3.8, 4) is 0 Å². The number of thiocarbonyl (C=S) groups is 1. The molecule has 0 unspecified atom stereocenters. The zero-order chi connectivity index (χ0) is 12.0. The summed E-state index contributed by atoms with van der Waals surface area (Å²) in [5.74, 6) is 1.56. The van der Waals surface area contributed by atoms with Gasteiger partial charge >= 0.3 is 0 Å². The molecule has 88 valence electrons. The molecule has 1 aromatic rings. The maximum absolute atomic E-state index is 12.4. The van der Waals surface area contributed by atoms with Gasteiger partial charge in [-0.1, -0.05) is 23.8 Å². The summed E-state index contributed by atoms with van der Waals surface area (Å²) < 4.78 is 0. The highest BCUT2D eigenvalue weighted by Gasteiger charge is 2.36. The fourth-order valence-electron chi connectivity index (χ4n) is 2.03. The van der Waals surface area contributed by atoms with Gasteiger partial charge in [-0.05, 0) is 18.2 Å². The SMILES string of the molecule is O=C1c2cc(Cl)ccc2NC(=S)[C@@H]2CSCN12. The Morgan fingerprint density at radius 1 is 1.53 bits per heavy atom. The van der Waals surface area contributed by atoms with Gasteiger partial charge in [0, 0.05) is 10.8 Å². The van der Waals surface area contributed by atoms with Crippen LogP contribution in [0.15, 0.2) is 18.2 Å². The van der Waals surface area contributed by atoms with E-state index >= 15 is 0 Å². The van der Waals surface area contributed by atoms with Crippen LogP contribution < -0.4 is 5.32 Å². The van der Waals surface area contributed by atoms with E-state index in [9.17, 15) is 4.79 Å². The minimum Gasteiger partial charge on any atom is -0.348 e. The van der Waals surface area contributed by atoms with Crippen LogP contribution in [0, 0.1) is 0 Å². The molecule has 0 aromatic heterocycles. The zero-order valence-corrected chi connectivity index (χ0v) is 11.2. The summed E-state index contributed by atoms with van der Waals surface area (Å²) >= 11 is 13.0. The van der Waals surface area contributed by atoms with Crippen LogP contribution in [0.4, 0.5) is 5.69 Å². The summed E-state index contributed by atoms with van der Waals surface area (Å²) in [4.78, 5) is 14.9. The first-order chi connectivity index (χ1) is 8.16. The summed E-state index contributed by atoms with van der Waals surface area (Å²) in [7, 11) is 0. The second-order valence-corrected chi connectivity index (χ2v) is 5.85. The lowest BCUT2D eigenvalue weighted by atomic mass is 10.1. The number of anilines is 1. The summed E-state index contributed by atoms with van der Waals surface area (Å²) in [6, 6.07) is 5.26. The predicted octanol–water partition coefficient (Wildman–Crippen LogP) is 2.61. The number of hydrogen-bond donors (Lipinski definition) is 1. The van der Waals surface area contributed by atoms with E-state index in [-0.39, 0.29) is 11.9 Å². The predicted molar refractivity (Wildman–Crippen MR) is 75.0 cm³/mol. The van der Waals surface area contributed by atoms with E-state index in [2.05, 4.69) is 5.32 Å². The number of carbonyl (C=O) groups is 1. The molecule has 0 saturated carbocycles. The number of thioether (sulfide) groups is 1. The molecule has 1 atom stereocenters. The average Bonchev–Trinajstić information content (AvgIpc) is 2.76. The van der Waals surface area contributed by atoms with Gasteiger partial charge in [0.15, 0.2) is 0 Å². The second kappa shape index (κ2) is 4.15. The molecule has 0 aliphatic carbocycles. The van der Waals surface area contributed by atoms with Crippen molar-refractivity contribution in [2.75, 3.05) is 16.9 Å². The third-order valence-corrected chi connectivity index (χ3v) is 4.54. The Bertz CT molecular complexity index is 520. The largest absolute Gasteiger partial charge is 0.348 e. The second-order valence-electron chi connectivity index (χ2n) is 3.97. The fraction of sp³-hybridized carbons (Fsp3) is 0.273. The minimum atomic E-state index is 0.00449. The Morgan fingerprint density at radius 2 is 2.35 bits per heavy atom. The molecule has 17 heavy (non-hydrogen) atoms. The highest BCUT2D eigenvalue weighted by atomic mass is 35.5. The molecule has 0 spiro atoms. The van der Waals surface area contributed by atoms with Crippen LogP contribution in [-0.4, -0.2) is 33.5 Å². The van der Waals surface area contributed by atoms with Gasteiger partial charge in [0.25, 0.3) is 5.91 Å². The Kier molecular flexibility index (Phi) is 2.77. The van der Waals surface area contributed by atoms with Gasteiger partial charge in [0.2, 0.25) is 0 Å².